The Kier molecular flexibility index (Phi) is 5.24. The average Bonchev–Trinajstić information content (AvgIpc) is 2.73. The first-order valence-corrected chi connectivity index (χ1v) is 9.55. The minimum atomic E-state index is -0.281. The van der Waals surface area contributed by atoms with E-state index in [1.54, 1.807) is 6.20 Å². The first-order chi connectivity index (χ1) is 13.7. The molecule has 28 heavy (non-hydrogen) atoms. The highest BCUT2D eigenvalue weighted by atomic mass is 16.2. The monoisotopic (exact) mass is 372 g/mol. The number of nitrogens with two attached hydrogens (primary N) is 1. The van der Waals surface area contributed by atoms with Gasteiger partial charge in [-0.15, -0.1) is 0 Å². The Labute approximate surface area is 165 Å². The SMILES string of the molecule is Nc1ccc(N2CCN(Cc3ccccc3)C(=O)C2Cc2ccccc2)nc1. The number of nitrogens with zero attached hydrogens (tertiary/aromatic N) is 3. The molecule has 0 bridgehead atoms. The Hall–Kier alpha value is -3.34. The van der Waals surface area contributed by atoms with Crippen LogP contribution in [0.5, 0.6) is 0 Å². The number of anilines is 2. The number of amides is 1. The van der Waals surface area contributed by atoms with Crippen molar-refractivity contribution < 1.29 is 4.79 Å². The molecule has 1 aliphatic rings. The van der Waals surface area contributed by atoms with Crippen molar-refractivity contribution in [2.24, 2.45) is 0 Å². The smallest absolute Gasteiger partial charge is 0.246 e. The Morgan fingerprint density at radius 1 is 0.893 bits per heavy atom. The van der Waals surface area contributed by atoms with Gasteiger partial charge >= 0.3 is 0 Å². The first-order valence-electron chi connectivity index (χ1n) is 9.55. The van der Waals surface area contributed by atoms with Crippen LogP contribution in [-0.4, -0.2) is 34.9 Å². The largest absolute Gasteiger partial charge is 0.397 e. The molecule has 142 valence electrons. The van der Waals surface area contributed by atoms with Crippen LogP contribution in [0.4, 0.5) is 11.5 Å². The summed E-state index contributed by atoms with van der Waals surface area (Å²) in [6.07, 6.45) is 2.30. The lowest BCUT2D eigenvalue weighted by atomic mass is 10.0. The molecule has 2 heterocycles. The van der Waals surface area contributed by atoms with E-state index in [1.807, 2.05) is 53.4 Å². The maximum absolute atomic E-state index is 13.4. The number of carbonyl (C=O) groups excluding carboxylic acids is 1. The summed E-state index contributed by atoms with van der Waals surface area (Å²) >= 11 is 0. The molecule has 2 N–H and O–H groups in total. The van der Waals surface area contributed by atoms with Crippen LogP contribution in [-0.2, 0) is 17.8 Å². The maximum atomic E-state index is 13.4. The zero-order valence-electron chi connectivity index (χ0n) is 15.7. The first kappa shape index (κ1) is 18.0. The lowest BCUT2D eigenvalue weighted by molar-refractivity contribution is -0.135. The molecule has 1 fully saturated rings. The fourth-order valence-corrected chi connectivity index (χ4v) is 3.68. The molecule has 0 radical (unpaired) electrons. The molecule has 1 atom stereocenters. The standard InChI is InChI=1S/C23H24N4O/c24-20-11-12-22(25-16-20)27-14-13-26(17-19-9-5-2-6-10-19)23(28)21(27)15-18-7-3-1-4-8-18/h1-12,16,21H,13-15,17,24H2. The number of hydrogen-bond acceptors (Lipinski definition) is 4. The molecule has 4 rings (SSSR count). The van der Waals surface area contributed by atoms with Crippen LogP contribution in [0.3, 0.4) is 0 Å². The summed E-state index contributed by atoms with van der Waals surface area (Å²) < 4.78 is 0. The van der Waals surface area contributed by atoms with Crippen molar-refractivity contribution in [3.8, 4) is 0 Å². The number of aromatic nitrogens is 1. The summed E-state index contributed by atoms with van der Waals surface area (Å²) in [5.41, 5.74) is 8.70. The van der Waals surface area contributed by atoms with Crippen LogP contribution in [0.2, 0.25) is 0 Å². The van der Waals surface area contributed by atoms with E-state index in [2.05, 4.69) is 34.1 Å². The van der Waals surface area contributed by atoms with Crippen molar-refractivity contribution >= 4 is 17.4 Å². The molecule has 1 saturated heterocycles. The average molecular weight is 372 g/mol. The number of pyridine rings is 1. The Morgan fingerprint density at radius 2 is 1.57 bits per heavy atom. The van der Waals surface area contributed by atoms with E-state index < -0.39 is 0 Å². The van der Waals surface area contributed by atoms with E-state index in [1.165, 1.54) is 0 Å². The van der Waals surface area contributed by atoms with Crippen LogP contribution in [0.1, 0.15) is 11.1 Å². The molecular weight excluding hydrogens is 348 g/mol. The minimum absolute atomic E-state index is 0.137. The van der Waals surface area contributed by atoms with E-state index in [4.69, 9.17) is 5.73 Å². The van der Waals surface area contributed by atoms with Gasteiger partial charge in [0, 0.05) is 26.1 Å². The molecule has 3 aromatic rings. The van der Waals surface area contributed by atoms with Gasteiger partial charge in [0.15, 0.2) is 0 Å². The fourth-order valence-electron chi connectivity index (χ4n) is 3.68. The zero-order valence-corrected chi connectivity index (χ0v) is 15.7. The molecule has 1 unspecified atom stereocenters. The molecule has 5 heteroatoms. The second-order valence-electron chi connectivity index (χ2n) is 7.09. The molecule has 0 aliphatic carbocycles. The Bertz CT molecular complexity index is 912. The highest BCUT2D eigenvalue weighted by Crippen LogP contribution is 2.24. The van der Waals surface area contributed by atoms with Crippen LogP contribution in [0, 0.1) is 0 Å². The normalized spacial score (nSPS) is 17.0. The lowest BCUT2D eigenvalue weighted by Gasteiger charge is -2.41. The summed E-state index contributed by atoms with van der Waals surface area (Å²) in [4.78, 5) is 21.9. The highest BCUT2D eigenvalue weighted by molar-refractivity contribution is 5.86. The second-order valence-corrected chi connectivity index (χ2v) is 7.09. The quantitative estimate of drug-likeness (QED) is 0.747. The molecule has 2 aromatic carbocycles. The second kappa shape index (κ2) is 8.13. The Balaban J connectivity index is 1.60. The van der Waals surface area contributed by atoms with Crippen molar-refractivity contribution in [2.45, 2.75) is 19.0 Å². The number of nitrogen functional groups attached to an aromatic ring is 1. The number of carbonyl (C=O) groups is 1. The van der Waals surface area contributed by atoms with E-state index in [9.17, 15) is 4.79 Å². The van der Waals surface area contributed by atoms with Crippen molar-refractivity contribution in [3.63, 3.8) is 0 Å². The van der Waals surface area contributed by atoms with E-state index >= 15 is 0 Å². The maximum Gasteiger partial charge on any atom is 0.246 e. The number of piperazine rings is 1. The lowest BCUT2D eigenvalue weighted by Crippen LogP contribution is -2.58. The van der Waals surface area contributed by atoms with Gasteiger partial charge in [0.25, 0.3) is 0 Å². The predicted molar refractivity (Wildman–Crippen MR) is 112 cm³/mol. The van der Waals surface area contributed by atoms with Gasteiger partial charge in [0.1, 0.15) is 11.9 Å². The van der Waals surface area contributed by atoms with E-state index in [0.29, 0.717) is 25.2 Å². The third-order valence-corrected chi connectivity index (χ3v) is 5.14. The Morgan fingerprint density at radius 3 is 2.21 bits per heavy atom. The number of hydrogen-bond donors (Lipinski definition) is 1. The zero-order chi connectivity index (χ0) is 19.3. The summed E-state index contributed by atoms with van der Waals surface area (Å²) in [6, 6.07) is 23.7. The van der Waals surface area contributed by atoms with E-state index in [-0.39, 0.29) is 11.9 Å². The third kappa shape index (κ3) is 3.98. The molecule has 0 saturated carbocycles. The van der Waals surface area contributed by atoms with Gasteiger partial charge in [-0.3, -0.25) is 4.79 Å². The molecule has 1 amide bonds. The van der Waals surface area contributed by atoms with Crippen LogP contribution >= 0.6 is 0 Å². The predicted octanol–water partition coefficient (Wildman–Crippen LogP) is 3.12. The fraction of sp³-hybridized carbons (Fsp3) is 0.217. The third-order valence-electron chi connectivity index (χ3n) is 5.14. The topological polar surface area (TPSA) is 62.5 Å². The molecular formula is C23H24N4O. The van der Waals surface area contributed by atoms with Gasteiger partial charge in [-0.1, -0.05) is 60.7 Å². The number of rotatable bonds is 5. The van der Waals surface area contributed by atoms with Crippen molar-refractivity contribution in [2.75, 3.05) is 23.7 Å². The summed E-state index contributed by atoms with van der Waals surface area (Å²) in [6.45, 7) is 2.05. The van der Waals surface area contributed by atoms with Crippen LogP contribution < -0.4 is 10.6 Å². The minimum Gasteiger partial charge on any atom is -0.397 e. The van der Waals surface area contributed by atoms with Gasteiger partial charge in [-0.05, 0) is 23.3 Å². The number of benzene rings is 2. The van der Waals surface area contributed by atoms with Gasteiger partial charge < -0.3 is 15.5 Å². The van der Waals surface area contributed by atoms with E-state index in [0.717, 1.165) is 23.5 Å². The molecule has 0 spiro atoms. The van der Waals surface area contributed by atoms with Crippen molar-refractivity contribution in [3.05, 3.63) is 90.1 Å². The summed E-state index contributed by atoms with van der Waals surface area (Å²) in [5, 5.41) is 0. The summed E-state index contributed by atoms with van der Waals surface area (Å²) in [7, 11) is 0. The molecule has 1 aromatic heterocycles. The van der Waals surface area contributed by atoms with Crippen LogP contribution in [0.25, 0.3) is 0 Å². The summed E-state index contributed by atoms with van der Waals surface area (Å²) in [5.74, 6) is 0.931. The molecule has 5 nitrogen and oxygen atoms in total. The van der Waals surface area contributed by atoms with Gasteiger partial charge in [-0.2, -0.15) is 0 Å². The van der Waals surface area contributed by atoms with Gasteiger partial charge in [0.05, 0.1) is 11.9 Å². The highest BCUT2D eigenvalue weighted by Gasteiger charge is 2.35. The van der Waals surface area contributed by atoms with Gasteiger partial charge in [-0.25, -0.2) is 4.98 Å². The van der Waals surface area contributed by atoms with Gasteiger partial charge in [0.2, 0.25) is 5.91 Å². The van der Waals surface area contributed by atoms with Crippen molar-refractivity contribution in [1.29, 1.82) is 0 Å². The van der Waals surface area contributed by atoms with Crippen molar-refractivity contribution in [1.82, 2.24) is 9.88 Å². The van der Waals surface area contributed by atoms with Crippen LogP contribution in [0.15, 0.2) is 79.0 Å². The molecule has 1 aliphatic heterocycles.